The van der Waals surface area contributed by atoms with E-state index in [1.54, 1.807) is 6.08 Å². The van der Waals surface area contributed by atoms with Gasteiger partial charge in [-0.1, -0.05) is 13.0 Å². The maximum Gasteiger partial charge on any atom is 0.110 e. The zero-order valence-electron chi connectivity index (χ0n) is 4.79. The first-order valence-corrected chi connectivity index (χ1v) is 3.25. The molecule has 2 heteroatoms. The van der Waals surface area contributed by atoms with E-state index in [2.05, 4.69) is 12.6 Å². The normalized spacial score (nSPS) is 12.0. The van der Waals surface area contributed by atoms with Crippen LogP contribution in [0.5, 0.6) is 0 Å². The smallest absolute Gasteiger partial charge is 0.110 e. The lowest BCUT2D eigenvalue weighted by Gasteiger charge is -1.95. The van der Waals surface area contributed by atoms with Gasteiger partial charge in [0.2, 0.25) is 0 Å². The predicted octanol–water partition coefficient (Wildman–Crippen LogP) is 1.98. The minimum absolute atomic E-state index is 0.0694. The predicted molar refractivity (Wildman–Crippen MR) is 37.2 cm³/mol. The van der Waals surface area contributed by atoms with Crippen molar-refractivity contribution in [3.8, 4) is 6.07 Å². The van der Waals surface area contributed by atoms with Gasteiger partial charge in [0.25, 0.3) is 0 Å². The van der Waals surface area contributed by atoms with Crippen molar-refractivity contribution in [3.05, 3.63) is 18.4 Å². The monoisotopic (exact) mass is 126 g/mol. The number of nitriles is 1. The third-order valence-corrected chi connectivity index (χ3v) is 1.49. The van der Waals surface area contributed by atoms with Crippen LogP contribution < -0.4 is 0 Å². The van der Waals surface area contributed by atoms with E-state index < -0.39 is 0 Å². The van der Waals surface area contributed by atoms with E-state index in [9.17, 15) is 0 Å². The fourth-order valence-electron chi connectivity index (χ4n) is 0.285. The summed E-state index contributed by atoms with van der Waals surface area (Å²) in [5.74, 6) is 1.88. The molecular weight excluding hydrogens is 118 g/mol. The second kappa shape index (κ2) is 4.73. The molecule has 0 aromatic carbocycles. The highest BCUT2D eigenvalue weighted by molar-refractivity contribution is 8.02. The van der Waals surface area contributed by atoms with Gasteiger partial charge in [-0.05, 0) is 0 Å². The molecule has 0 heterocycles. The lowest BCUT2D eigenvalue weighted by atomic mass is 10.5. The number of nitrogens with zero attached hydrogens (tertiary/aromatic N) is 1. The maximum atomic E-state index is 8.30. The molecule has 0 aromatic rings. The largest absolute Gasteiger partial charge is 0.197 e. The highest BCUT2D eigenvalue weighted by Gasteiger charge is 1.96. The molecule has 0 N–H and O–H groups in total. The van der Waals surface area contributed by atoms with Crippen LogP contribution in [0.2, 0.25) is 0 Å². The average Bonchev–Trinajstić information content (AvgIpc) is 1.83. The van der Waals surface area contributed by atoms with Crippen LogP contribution in [-0.2, 0) is 0 Å². The van der Waals surface area contributed by atoms with E-state index in [0.717, 1.165) is 0 Å². The van der Waals surface area contributed by atoms with Gasteiger partial charge in [0, 0.05) is 5.75 Å². The highest BCUT2D eigenvalue weighted by Crippen LogP contribution is 2.12. The molecule has 0 bridgehead atoms. The van der Waals surface area contributed by atoms with Crippen molar-refractivity contribution in [2.45, 2.75) is 12.2 Å². The Balaban J connectivity index is 3.40. The fourth-order valence-corrected chi connectivity index (χ4v) is 0.750. The summed E-state index contributed by atoms with van der Waals surface area (Å²) < 4.78 is 0. The van der Waals surface area contributed by atoms with Crippen LogP contribution in [0.15, 0.2) is 12.7 Å². The van der Waals surface area contributed by atoms with Gasteiger partial charge in [0.05, 0.1) is 6.07 Å². The third kappa shape index (κ3) is 2.70. The van der Waals surface area contributed by atoms with Crippen LogP contribution in [0, 0.1) is 17.1 Å². The van der Waals surface area contributed by atoms with Crippen LogP contribution in [0.25, 0.3) is 0 Å². The van der Waals surface area contributed by atoms with Crippen molar-refractivity contribution < 1.29 is 0 Å². The molecule has 0 fully saturated rings. The summed E-state index contributed by atoms with van der Waals surface area (Å²) in [6.07, 6.45) is 1.63. The molecule has 0 aliphatic rings. The average molecular weight is 126 g/mol. The Morgan fingerprint density at radius 3 is 2.62 bits per heavy atom. The van der Waals surface area contributed by atoms with Crippen molar-refractivity contribution in [2.75, 3.05) is 0 Å². The summed E-state index contributed by atoms with van der Waals surface area (Å²) in [6, 6.07) is 2.07. The molecule has 1 atom stereocenters. The van der Waals surface area contributed by atoms with Crippen LogP contribution in [0.1, 0.15) is 6.92 Å². The molecule has 0 spiro atoms. The Morgan fingerprint density at radius 2 is 2.50 bits per heavy atom. The molecule has 0 saturated heterocycles. The van der Waals surface area contributed by atoms with Gasteiger partial charge in [-0.2, -0.15) is 5.26 Å². The number of hydrogen-bond donors (Lipinski definition) is 0. The zero-order chi connectivity index (χ0) is 6.41. The van der Waals surface area contributed by atoms with E-state index in [-0.39, 0.29) is 5.25 Å². The van der Waals surface area contributed by atoms with Gasteiger partial charge < -0.3 is 0 Å². The molecular formula is C6H8NS. The van der Waals surface area contributed by atoms with Crippen molar-refractivity contribution in [1.29, 1.82) is 5.26 Å². The SMILES string of the molecule is C=CC(C#N)S[CH]C. The molecule has 0 aromatic heterocycles. The van der Waals surface area contributed by atoms with Crippen LogP contribution in [0.4, 0.5) is 0 Å². The van der Waals surface area contributed by atoms with Crippen molar-refractivity contribution >= 4 is 11.8 Å². The third-order valence-electron chi connectivity index (χ3n) is 0.624. The zero-order valence-corrected chi connectivity index (χ0v) is 5.61. The lowest BCUT2D eigenvalue weighted by Crippen LogP contribution is -1.88. The molecule has 8 heavy (non-hydrogen) atoms. The summed E-state index contributed by atoms with van der Waals surface area (Å²) in [4.78, 5) is 0. The number of thioether (sulfide) groups is 1. The Morgan fingerprint density at radius 1 is 1.88 bits per heavy atom. The van der Waals surface area contributed by atoms with Gasteiger partial charge in [0.15, 0.2) is 0 Å². The summed E-state index contributed by atoms with van der Waals surface area (Å²) >= 11 is 1.47. The summed E-state index contributed by atoms with van der Waals surface area (Å²) in [6.45, 7) is 5.39. The van der Waals surface area contributed by atoms with E-state index in [0.29, 0.717) is 0 Å². The summed E-state index contributed by atoms with van der Waals surface area (Å²) in [5.41, 5.74) is 0. The second-order valence-electron chi connectivity index (χ2n) is 1.16. The molecule has 1 nitrogen and oxygen atoms in total. The first-order valence-electron chi connectivity index (χ1n) is 2.30. The quantitative estimate of drug-likeness (QED) is 0.540. The molecule has 0 aliphatic carbocycles. The standard InChI is InChI=1S/C6H8NS/c1-3-6(5-7)8-4-2/h3-4,6H,1H2,2H3. The molecule has 0 amide bonds. The van der Waals surface area contributed by atoms with E-state index in [4.69, 9.17) is 5.26 Å². The Bertz CT molecular complexity index is 104. The second-order valence-corrected chi connectivity index (χ2v) is 2.41. The molecule has 1 unspecified atom stereocenters. The fraction of sp³-hybridized carbons (Fsp3) is 0.333. The Hall–Kier alpha value is -0.420. The molecule has 1 radical (unpaired) electrons. The van der Waals surface area contributed by atoms with Crippen LogP contribution in [-0.4, -0.2) is 5.25 Å². The topological polar surface area (TPSA) is 23.8 Å². The first-order chi connectivity index (χ1) is 3.85. The first kappa shape index (κ1) is 7.58. The van der Waals surface area contributed by atoms with Gasteiger partial charge in [0.1, 0.15) is 5.25 Å². The van der Waals surface area contributed by atoms with Gasteiger partial charge in [-0.3, -0.25) is 0 Å². The molecule has 0 aliphatic heterocycles. The minimum atomic E-state index is -0.0694. The summed E-state index contributed by atoms with van der Waals surface area (Å²) in [7, 11) is 0. The number of rotatable bonds is 3. The Labute approximate surface area is 54.4 Å². The molecule has 43 valence electrons. The maximum absolute atomic E-state index is 8.30. The van der Waals surface area contributed by atoms with Gasteiger partial charge in [-0.25, -0.2) is 0 Å². The van der Waals surface area contributed by atoms with Crippen LogP contribution >= 0.6 is 11.8 Å². The van der Waals surface area contributed by atoms with Gasteiger partial charge in [-0.15, -0.1) is 18.3 Å². The molecule has 0 rings (SSSR count). The lowest BCUT2D eigenvalue weighted by molar-refractivity contribution is 1.37. The van der Waals surface area contributed by atoms with E-state index in [1.165, 1.54) is 11.8 Å². The molecule has 0 saturated carbocycles. The minimum Gasteiger partial charge on any atom is -0.197 e. The summed E-state index contributed by atoms with van der Waals surface area (Å²) in [5, 5.41) is 8.23. The van der Waals surface area contributed by atoms with Crippen molar-refractivity contribution in [2.24, 2.45) is 0 Å². The van der Waals surface area contributed by atoms with Crippen molar-refractivity contribution in [3.63, 3.8) is 0 Å². The van der Waals surface area contributed by atoms with Gasteiger partial charge >= 0.3 is 0 Å². The number of hydrogen-bond acceptors (Lipinski definition) is 2. The van der Waals surface area contributed by atoms with Crippen LogP contribution in [0.3, 0.4) is 0 Å². The van der Waals surface area contributed by atoms with E-state index >= 15 is 0 Å². The van der Waals surface area contributed by atoms with E-state index in [1.807, 2.05) is 12.7 Å². The van der Waals surface area contributed by atoms with Crippen molar-refractivity contribution in [1.82, 2.24) is 0 Å². The highest BCUT2D eigenvalue weighted by atomic mass is 32.2. The Kier molecular flexibility index (Phi) is 4.48.